The third-order valence-electron chi connectivity index (χ3n) is 1.08. The molecule has 0 unspecified atom stereocenters. The molecule has 0 aliphatic heterocycles. The van der Waals surface area contributed by atoms with Gasteiger partial charge in [0.15, 0.2) is 5.96 Å². The number of carbonyl (C=O) groups is 1. The van der Waals surface area contributed by atoms with Gasteiger partial charge in [0.05, 0.1) is 6.61 Å². The van der Waals surface area contributed by atoms with Crippen molar-refractivity contribution in [3.05, 3.63) is 34.8 Å². The van der Waals surface area contributed by atoms with Crippen molar-refractivity contribution >= 4 is 27.9 Å². The molecular formula is C11H18BrN3O2. The normalized spacial score (nSPS) is 7.71. The lowest BCUT2D eigenvalue weighted by molar-refractivity contribution is -0.140. The Bertz CT molecular complexity index is 314. The highest BCUT2D eigenvalue weighted by atomic mass is 79.9. The summed E-state index contributed by atoms with van der Waals surface area (Å²) in [6.07, 6.45) is 0. The smallest absolute Gasteiger partial charge is 0.302 e. The maximum absolute atomic E-state index is 9.82. The van der Waals surface area contributed by atoms with Crippen LogP contribution < -0.4 is 11.5 Å². The number of hydrogen-bond donors (Lipinski definition) is 3. The number of halogens is 1. The van der Waals surface area contributed by atoms with Crippen molar-refractivity contribution in [2.24, 2.45) is 11.5 Å². The predicted molar refractivity (Wildman–Crippen MR) is 72.6 cm³/mol. The molecule has 5 N–H and O–H groups in total. The third kappa shape index (κ3) is 25.1. The van der Waals surface area contributed by atoms with Crippen LogP contribution in [0.1, 0.15) is 13.8 Å². The summed E-state index contributed by atoms with van der Waals surface area (Å²) in [5.74, 6) is -0.544. The molecule has 17 heavy (non-hydrogen) atoms. The second-order valence-corrected chi connectivity index (χ2v) is 3.59. The van der Waals surface area contributed by atoms with Gasteiger partial charge in [0.1, 0.15) is 0 Å². The Labute approximate surface area is 110 Å². The van der Waals surface area contributed by atoms with E-state index in [2.05, 4.69) is 32.1 Å². The Kier molecular flexibility index (Phi) is 13.1. The Morgan fingerprint density at radius 1 is 1.35 bits per heavy atom. The van der Waals surface area contributed by atoms with E-state index in [-0.39, 0.29) is 11.9 Å². The van der Waals surface area contributed by atoms with Crippen molar-refractivity contribution in [1.82, 2.24) is 0 Å². The molecule has 0 atom stereocenters. The lowest BCUT2D eigenvalue weighted by Gasteiger charge is -1.89. The molecule has 0 aliphatic carbocycles. The van der Waals surface area contributed by atoms with Gasteiger partial charge in [-0.05, 0) is 19.1 Å². The first-order valence-corrected chi connectivity index (χ1v) is 5.62. The summed E-state index contributed by atoms with van der Waals surface area (Å²) in [5.41, 5.74) is 8.94. The van der Waals surface area contributed by atoms with Crippen LogP contribution in [0.5, 0.6) is 0 Å². The number of guanidine groups is 1. The van der Waals surface area contributed by atoms with E-state index >= 15 is 0 Å². The molecule has 0 fully saturated rings. The summed E-state index contributed by atoms with van der Waals surface area (Å²) in [5, 5.41) is 6.06. The van der Waals surface area contributed by atoms with Crippen molar-refractivity contribution in [1.29, 1.82) is 5.41 Å². The summed E-state index contributed by atoms with van der Waals surface area (Å²) in [6.45, 7) is 3.65. The molecular weight excluding hydrogens is 286 g/mol. The number of benzene rings is 1. The molecule has 96 valence electrons. The molecule has 0 saturated carbocycles. The predicted octanol–water partition coefficient (Wildman–Crippen LogP) is 1.86. The first kappa shape index (κ1) is 17.8. The number of esters is 1. The van der Waals surface area contributed by atoms with Crippen LogP contribution in [-0.2, 0) is 9.53 Å². The summed E-state index contributed by atoms with van der Waals surface area (Å²) in [4.78, 5) is 9.82. The first-order valence-electron chi connectivity index (χ1n) is 4.83. The molecule has 0 spiro atoms. The Hall–Kier alpha value is -1.56. The fourth-order valence-electron chi connectivity index (χ4n) is 0.618. The van der Waals surface area contributed by atoms with Gasteiger partial charge < -0.3 is 16.2 Å². The summed E-state index contributed by atoms with van der Waals surface area (Å²) < 4.78 is 5.54. The number of hydrogen-bond acceptors (Lipinski definition) is 3. The molecule has 0 aliphatic rings. The van der Waals surface area contributed by atoms with Gasteiger partial charge in [-0.2, -0.15) is 0 Å². The highest BCUT2D eigenvalue weighted by Crippen LogP contribution is 2.05. The SMILES string of the molecule is Brc1ccccc1.CCOC(C)=O.N=C(N)N. The van der Waals surface area contributed by atoms with Crippen molar-refractivity contribution in [2.75, 3.05) is 6.61 Å². The zero-order valence-corrected chi connectivity index (χ0v) is 11.5. The molecule has 0 aromatic heterocycles. The van der Waals surface area contributed by atoms with E-state index in [0.29, 0.717) is 6.61 Å². The fraction of sp³-hybridized carbons (Fsp3) is 0.273. The van der Waals surface area contributed by atoms with E-state index in [1.54, 1.807) is 6.92 Å². The average molecular weight is 304 g/mol. The monoisotopic (exact) mass is 303 g/mol. The zero-order valence-electron chi connectivity index (χ0n) is 9.94. The number of ether oxygens (including phenoxy) is 1. The van der Waals surface area contributed by atoms with Crippen LogP contribution in [0.4, 0.5) is 0 Å². The Morgan fingerprint density at radius 2 is 1.76 bits per heavy atom. The third-order valence-corrected chi connectivity index (χ3v) is 1.61. The average Bonchev–Trinajstić information content (AvgIpc) is 2.18. The number of carbonyl (C=O) groups excluding carboxylic acids is 1. The topological polar surface area (TPSA) is 102 Å². The Morgan fingerprint density at radius 3 is 1.88 bits per heavy atom. The van der Waals surface area contributed by atoms with Gasteiger partial charge in [-0.1, -0.05) is 34.1 Å². The number of rotatable bonds is 1. The van der Waals surface area contributed by atoms with Crippen LogP contribution >= 0.6 is 15.9 Å². The minimum Gasteiger partial charge on any atom is -0.466 e. The van der Waals surface area contributed by atoms with E-state index < -0.39 is 0 Å². The first-order chi connectivity index (χ1) is 7.90. The highest BCUT2D eigenvalue weighted by Gasteiger charge is 1.81. The van der Waals surface area contributed by atoms with Crippen LogP contribution in [0.15, 0.2) is 34.8 Å². The van der Waals surface area contributed by atoms with Crippen LogP contribution in [0.2, 0.25) is 0 Å². The second kappa shape index (κ2) is 12.5. The minimum atomic E-state index is -0.333. The molecule has 1 aromatic rings. The van der Waals surface area contributed by atoms with Gasteiger partial charge in [0.2, 0.25) is 0 Å². The lowest BCUT2D eigenvalue weighted by Crippen LogP contribution is -2.20. The van der Waals surface area contributed by atoms with Gasteiger partial charge in [-0.15, -0.1) is 0 Å². The van der Waals surface area contributed by atoms with Crippen LogP contribution in [0, 0.1) is 5.41 Å². The second-order valence-electron chi connectivity index (χ2n) is 2.68. The number of nitrogens with two attached hydrogens (primary N) is 2. The van der Waals surface area contributed by atoms with Gasteiger partial charge in [-0.25, -0.2) is 0 Å². The van der Waals surface area contributed by atoms with E-state index in [0.717, 1.165) is 4.47 Å². The maximum Gasteiger partial charge on any atom is 0.302 e. The van der Waals surface area contributed by atoms with Gasteiger partial charge >= 0.3 is 5.97 Å². The maximum atomic E-state index is 9.82. The van der Waals surface area contributed by atoms with Crippen LogP contribution in [-0.4, -0.2) is 18.5 Å². The van der Waals surface area contributed by atoms with Crippen molar-refractivity contribution in [3.63, 3.8) is 0 Å². The standard InChI is InChI=1S/C6H5Br.C4H8O2.CH5N3/c7-6-4-2-1-3-5-6;1-3-6-4(2)5;2-1(3)4/h1-5H;3H2,1-2H3;(H5,2,3,4). The zero-order chi connectivity index (χ0) is 13.7. The van der Waals surface area contributed by atoms with Gasteiger partial charge in [-0.3, -0.25) is 10.2 Å². The number of nitrogens with one attached hydrogen (secondary N) is 1. The molecule has 1 rings (SSSR count). The Balaban J connectivity index is 0. The minimum absolute atomic E-state index is 0.211. The van der Waals surface area contributed by atoms with Gasteiger partial charge in [0, 0.05) is 11.4 Å². The van der Waals surface area contributed by atoms with Gasteiger partial charge in [0.25, 0.3) is 0 Å². The van der Waals surface area contributed by atoms with E-state index in [1.165, 1.54) is 6.92 Å². The van der Waals surface area contributed by atoms with E-state index in [4.69, 9.17) is 5.41 Å². The van der Waals surface area contributed by atoms with E-state index in [1.807, 2.05) is 30.3 Å². The summed E-state index contributed by atoms with van der Waals surface area (Å²) in [7, 11) is 0. The fourth-order valence-corrected chi connectivity index (χ4v) is 0.923. The molecule has 6 heteroatoms. The molecule has 0 heterocycles. The van der Waals surface area contributed by atoms with Crippen molar-refractivity contribution in [3.8, 4) is 0 Å². The lowest BCUT2D eigenvalue weighted by atomic mass is 10.4. The molecule has 5 nitrogen and oxygen atoms in total. The van der Waals surface area contributed by atoms with Crippen LogP contribution in [0.3, 0.4) is 0 Å². The quantitative estimate of drug-likeness (QED) is 0.418. The summed E-state index contributed by atoms with van der Waals surface area (Å²) in [6, 6.07) is 9.97. The molecule has 0 radical (unpaired) electrons. The van der Waals surface area contributed by atoms with Crippen LogP contribution in [0.25, 0.3) is 0 Å². The molecule has 1 aromatic carbocycles. The molecule has 0 saturated heterocycles. The molecule has 0 bridgehead atoms. The summed E-state index contributed by atoms with van der Waals surface area (Å²) >= 11 is 3.31. The van der Waals surface area contributed by atoms with Crippen molar-refractivity contribution in [2.45, 2.75) is 13.8 Å². The van der Waals surface area contributed by atoms with E-state index in [9.17, 15) is 4.79 Å². The largest absolute Gasteiger partial charge is 0.466 e. The highest BCUT2D eigenvalue weighted by molar-refractivity contribution is 9.10. The molecule has 0 amide bonds. The van der Waals surface area contributed by atoms with Crippen molar-refractivity contribution < 1.29 is 9.53 Å².